The zero-order chi connectivity index (χ0) is 37.0. The number of aromatic nitrogens is 2. The minimum absolute atomic E-state index is 0.102. The minimum atomic E-state index is 0.102. The Kier molecular flexibility index (Phi) is 7.59. The van der Waals surface area contributed by atoms with Gasteiger partial charge in [0.15, 0.2) is 0 Å². The van der Waals surface area contributed by atoms with Crippen molar-refractivity contribution in [2.75, 3.05) is 6.54 Å². The van der Waals surface area contributed by atoms with Crippen LogP contribution in [0.2, 0.25) is 0 Å². The van der Waals surface area contributed by atoms with E-state index in [2.05, 4.69) is 209 Å². The lowest BCUT2D eigenvalue weighted by Crippen LogP contribution is -2.18. The number of para-hydroxylation sites is 3. The van der Waals surface area contributed by atoms with Crippen LogP contribution in [0.4, 0.5) is 0 Å². The summed E-state index contributed by atoms with van der Waals surface area (Å²) in [5.41, 5.74) is 14.2. The molecule has 0 saturated carbocycles. The van der Waals surface area contributed by atoms with Crippen molar-refractivity contribution in [2.45, 2.75) is 5.92 Å². The first-order valence-electron chi connectivity index (χ1n) is 19.2. The highest BCUT2D eigenvalue weighted by atomic mass is 15.2. The molecule has 0 spiro atoms. The summed E-state index contributed by atoms with van der Waals surface area (Å²) in [6.45, 7) is 0.634. The highest BCUT2D eigenvalue weighted by molar-refractivity contribution is 6.16. The van der Waals surface area contributed by atoms with Crippen LogP contribution in [0.25, 0.3) is 82.7 Å². The third kappa shape index (κ3) is 5.30. The van der Waals surface area contributed by atoms with Crippen molar-refractivity contribution in [3.05, 3.63) is 200 Å². The van der Waals surface area contributed by atoms with Gasteiger partial charge in [-0.15, -0.1) is 0 Å². The molecule has 4 nitrogen and oxygen atoms in total. The van der Waals surface area contributed by atoms with Crippen molar-refractivity contribution < 1.29 is 0 Å². The molecule has 264 valence electrons. The number of aliphatic imine (C=N–C) groups is 2. The Morgan fingerprint density at radius 3 is 1.64 bits per heavy atom. The lowest BCUT2D eigenvalue weighted by atomic mass is 9.92. The van der Waals surface area contributed by atoms with Gasteiger partial charge in [-0.1, -0.05) is 152 Å². The number of benzene rings is 8. The van der Waals surface area contributed by atoms with Gasteiger partial charge in [0.05, 0.1) is 28.6 Å². The van der Waals surface area contributed by atoms with Gasteiger partial charge in [-0.3, -0.25) is 4.57 Å². The molecule has 0 aliphatic carbocycles. The summed E-state index contributed by atoms with van der Waals surface area (Å²) in [5.74, 6) is 0.824. The van der Waals surface area contributed by atoms with Crippen LogP contribution in [-0.4, -0.2) is 27.9 Å². The lowest BCUT2D eigenvalue weighted by Gasteiger charge is -2.18. The fraction of sp³-hybridized carbons (Fsp3) is 0.0385. The second kappa shape index (κ2) is 13.2. The summed E-state index contributed by atoms with van der Waals surface area (Å²) >= 11 is 0. The zero-order valence-corrected chi connectivity index (χ0v) is 30.6. The SMILES string of the molecule is C1=NC(n2c3ccccc3c3ccc(-c4ccc5c(c4)c4ccccc4n5-c4ccccc4)cc32)=NC[C@@H]1c1ccc(-c2ccccc2-c2ccccc2)cc1. The molecule has 10 aromatic rings. The van der Waals surface area contributed by atoms with Crippen LogP contribution in [0.15, 0.2) is 204 Å². The Morgan fingerprint density at radius 1 is 0.393 bits per heavy atom. The largest absolute Gasteiger partial charge is 0.309 e. The van der Waals surface area contributed by atoms with Crippen molar-refractivity contribution in [1.29, 1.82) is 0 Å². The van der Waals surface area contributed by atoms with Crippen LogP contribution >= 0.6 is 0 Å². The van der Waals surface area contributed by atoms with Gasteiger partial charge in [0.25, 0.3) is 0 Å². The van der Waals surface area contributed by atoms with Gasteiger partial charge in [0.2, 0.25) is 5.96 Å². The van der Waals surface area contributed by atoms with E-state index in [1.165, 1.54) is 66.0 Å². The molecule has 0 amide bonds. The number of hydrogen-bond donors (Lipinski definition) is 0. The van der Waals surface area contributed by atoms with E-state index < -0.39 is 0 Å². The molecular weight excluding hydrogens is 681 g/mol. The lowest BCUT2D eigenvalue weighted by molar-refractivity contribution is 0.878. The third-order valence-electron chi connectivity index (χ3n) is 11.4. The van der Waals surface area contributed by atoms with Crippen LogP contribution < -0.4 is 0 Å². The van der Waals surface area contributed by atoms with Gasteiger partial charge < -0.3 is 4.57 Å². The minimum Gasteiger partial charge on any atom is -0.309 e. The Bertz CT molecular complexity index is 3150. The van der Waals surface area contributed by atoms with Crippen LogP contribution in [0.5, 0.6) is 0 Å². The molecule has 2 aromatic heterocycles. The molecule has 3 heterocycles. The first-order chi connectivity index (χ1) is 27.8. The maximum atomic E-state index is 5.15. The Morgan fingerprint density at radius 2 is 0.929 bits per heavy atom. The normalized spacial score (nSPS) is 14.2. The van der Waals surface area contributed by atoms with Gasteiger partial charge in [0, 0.05) is 39.4 Å². The average molecular weight is 717 g/mol. The zero-order valence-electron chi connectivity index (χ0n) is 30.6. The summed E-state index contributed by atoms with van der Waals surface area (Å²) in [6, 6.07) is 69.7. The molecule has 4 heteroatoms. The van der Waals surface area contributed by atoms with Crippen molar-refractivity contribution in [1.82, 2.24) is 9.13 Å². The van der Waals surface area contributed by atoms with Crippen molar-refractivity contribution in [3.63, 3.8) is 0 Å². The fourth-order valence-electron chi connectivity index (χ4n) is 8.63. The van der Waals surface area contributed by atoms with Crippen molar-refractivity contribution in [3.8, 4) is 39.1 Å². The first kappa shape index (κ1) is 32.2. The molecule has 1 atom stereocenters. The molecule has 0 saturated heterocycles. The summed E-state index contributed by atoms with van der Waals surface area (Å²) < 4.78 is 4.60. The standard InChI is InChI=1S/C52H36N4/c1-3-13-36(14-4-1)42-17-7-8-18-43(42)37-25-23-35(24-26-37)40-33-53-52(54-34-40)56-49-22-12-9-19-44(49)46-29-27-39(32-51(46)56)38-28-30-50-47(31-38)45-20-10-11-21-48(45)55(50)41-15-5-2-6-16-41/h1-33,40H,34H2/t40-/m1/s1. The summed E-state index contributed by atoms with van der Waals surface area (Å²) in [6.07, 6.45) is 2.08. The predicted molar refractivity (Wildman–Crippen MR) is 235 cm³/mol. The van der Waals surface area contributed by atoms with E-state index in [0.717, 1.165) is 28.2 Å². The number of fused-ring (bicyclic) bond motifs is 6. The molecule has 8 aromatic carbocycles. The van der Waals surface area contributed by atoms with Gasteiger partial charge in [-0.25, -0.2) is 9.98 Å². The molecule has 1 aliphatic heterocycles. The number of rotatable bonds is 5. The van der Waals surface area contributed by atoms with Crippen LogP contribution in [0, 0.1) is 0 Å². The van der Waals surface area contributed by atoms with E-state index >= 15 is 0 Å². The molecule has 0 radical (unpaired) electrons. The van der Waals surface area contributed by atoms with Crippen molar-refractivity contribution >= 4 is 55.8 Å². The summed E-state index contributed by atoms with van der Waals surface area (Å²) in [4.78, 5) is 10.2. The van der Waals surface area contributed by atoms with E-state index in [1.54, 1.807) is 0 Å². The van der Waals surface area contributed by atoms with E-state index in [0.29, 0.717) is 6.54 Å². The van der Waals surface area contributed by atoms with Gasteiger partial charge in [-0.2, -0.15) is 0 Å². The summed E-state index contributed by atoms with van der Waals surface area (Å²) in [5, 5.41) is 4.87. The monoisotopic (exact) mass is 716 g/mol. The van der Waals surface area contributed by atoms with E-state index in [4.69, 9.17) is 9.98 Å². The maximum absolute atomic E-state index is 5.15. The van der Waals surface area contributed by atoms with Gasteiger partial charge >= 0.3 is 0 Å². The highest BCUT2D eigenvalue weighted by Crippen LogP contribution is 2.38. The molecule has 11 rings (SSSR count). The Labute approximate surface area is 325 Å². The van der Waals surface area contributed by atoms with Crippen molar-refractivity contribution in [2.24, 2.45) is 9.98 Å². The quantitative estimate of drug-likeness (QED) is 0.170. The summed E-state index contributed by atoms with van der Waals surface area (Å²) in [7, 11) is 0. The molecule has 56 heavy (non-hydrogen) atoms. The van der Waals surface area contributed by atoms with E-state index in [-0.39, 0.29) is 5.92 Å². The average Bonchev–Trinajstić information content (AvgIpc) is 3.79. The van der Waals surface area contributed by atoms with Crippen LogP contribution in [0.3, 0.4) is 0 Å². The number of nitrogens with zero attached hydrogens (tertiary/aromatic N) is 4. The maximum Gasteiger partial charge on any atom is 0.229 e. The first-order valence-corrected chi connectivity index (χ1v) is 19.2. The molecule has 0 fully saturated rings. The molecule has 0 bridgehead atoms. The molecule has 1 aliphatic rings. The Balaban J connectivity index is 0.943. The van der Waals surface area contributed by atoms with E-state index in [9.17, 15) is 0 Å². The fourth-order valence-corrected chi connectivity index (χ4v) is 8.63. The number of hydrogen-bond acceptors (Lipinski definition) is 2. The van der Waals surface area contributed by atoms with Crippen LogP contribution in [-0.2, 0) is 0 Å². The smallest absolute Gasteiger partial charge is 0.229 e. The van der Waals surface area contributed by atoms with Gasteiger partial charge in [-0.05, 0) is 81.4 Å². The second-order valence-corrected chi connectivity index (χ2v) is 14.6. The molecule has 0 N–H and O–H groups in total. The second-order valence-electron chi connectivity index (χ2n) is 14.6. The topological polar surface area (TPSA) is 34.6 Å². The van der Waals surface area contributed by atoms with Crippen LogP contribution in [0.1, 0.15) is 11.5 Å². The molecular formula is C52H36N4. The highest BCUT2D eigenvalue weighted by Gasteiger charge is 2.20. The van der Waals surface area contributed by atoms with Gasteiger partial charge in [0.1, 0.15) is 0 Å². The Hall–Kier alpha value is -7.30. The molecule has 0 unspecified atom stereocenters. The predicted octanol–water partition coefficient (Wildman–Crippen LogP) is 13.0. The van der Waals surface area contributed by atoms with E-state index in [1.807, 2.05) is 0 Å². The third-order valence-corrected chi connectivity index (χ3v) is 11.4.